The molecule has 1 aliphatic heterocycles. The molecular formula is C10H11BrN4. The third-order valence-corrected chi connectivity index (χ3v) is 3.28. The molecule has 4 nitrogen and oxygen atoms in total. The number of fused-ring (bicyclic) bond motifs is 1. The zero-order chi connectivity index (χ0) is 10.3. The van der Waals surface area contributed by atoms with Gasteiger partial charge in [-0.1, -0.05) is 0 Å². The molecule has 3 rings (SSSR count). The average Bonchev–Trinajstić information content (AvgIpc) is 2.88. The van der Waals surface area contributed by atoms with Gasteiger partial charge in [0.2, 0.25) is 0 Å². The molecule has 0 radical (unpaired) electrons. The van der Waals surface area contributed by atoms with Crippen LogP contribution in [0.2, 0.25) is 0 Å². The van der Waals surface area contributed by atoms with Gasteiger partial charge in [0.05, 0.1) is 6.20 Å². The highest BCUT2D eigenvalue weighted by atomic mass is 79.9. The quantitative estimate of drug-likeness (QED) is 0.793. The largest absolute Gasteiger partial charge is 0.355 e. The van der Waals surface area contributed by atoms with Crippen molar-refractivity contribution in [1.29, 1.82) is 0 Å². The summed E-state index contributed by atoms with van der Waals surface area (Å²) < 4.78 is 2.73. The predicted molar refractivity (Wildman–Crippen MR) is 62.1 cm³/mol. The molecule has 0 atom stereocenters. The number of anilines is 1. The molecule has 1 fully saturated rings. The molecule has 0 aromatic carbocycles. The van der Waals surface area contributed by atoms with Crippen molar-refractivity contribution in [2.24, 2.45) is 0 Å². The molecule has 0 saturated carbocycles. The molecule has 0 unspecified atom stereocenters. The van der Waals surface area contributed by atoms with Crippen LogP contribution in [-0.4, -0.2) is 27.7 Å². The van der Waals surface area contributed by atoms with Gasteiger partial charge < -0.3 is 4.90 Å². The number of halogens is 1. The first-order valence-corrected chi connectivity index (χ1v) is 5.89. The molecule has 2 aromatic heterocycles. The summed E-state index contributed by atoms with van der Waals surface area (Å²) in [5, 5.41) is 4.55. The van der Waals surface area contributed by atoms with E-state index in [0.717, 1.165) is 29.2 Å². The first-order valence-electron chi connectivity index (χ1n) is 5.10. The SMILES string of the molecule is Brc1cnc2ccc(N3CCCC3)nn12. The van der Waals surface area contributed by atoms with Crippen LogP contribution in [0.1, 0.15) is 12.8 Å². The van der Waals surface area contributed by atoms with E-state index in [1.54, 1.807) is 6.20 Å². The Kier molecular flexibility index (Phi) is 2.12. The smallest absolute Gasteiger partial charge is 0.154 e. The van der Waals surface area contributed by atoms with E-state index >= 15 is 0 Å². The van der Waals surface area contributed by atoms with Gasteiger partial charge in [0.25, 0.3) is 0 Å². The topological polar surface area (TPSA) is 33.4 Å². The lowest BCUT2D eigenvalue weighted by Crippen LogP contribution is -2.19. The summed E-state index contributed by atoms with van der Waals surface area (Å²) in [5.74, 6) is 1.04. The standard InChI is InChI=1S/C10H11BrN4/c11-8-7-12-9-3-4-10(13-15(8)9)14-5-1-2-6-14/h3-4,7H,1-2,5-6H2. The van der Waals surface area contributed by atoms with E-state index in [1.807, 2.05) is 16.6 Å². The molecule has 15 heavy (non-hydrogen) atoms. The fourth-order valence-corrected chi connectivity index (χ4v) is 2.31. The summed E-state index contributed by atoms with van der Waals surface area (Å²) in [6, 6.07) is 4.05. The molecule has 78 valence electrons. The van der Waals surface area contributed by atoms with Gasteiger partial charge in [-0.25, -0.2) is 9.50 Å². The molecule has 0 amide bonds. The van der Waals surface area contributed by atoms with E-state index < -0.39 is 0 Å². The maximum atomic E-state index is 4.55. The molecule has 3 heterocycles. The average molecular weight is 267 g/mol. The third-order valence-electron chi connectivity index (χ3n) is 2.74. The van der Waals surface area contributed by atoms with Crippen LogP contribution in [0.5, 0.6) is 0 Å². The zero-order valence-electron chi connectivity index (χ0n) is 8.23. The first-order chi connectivity index (χ1) is 7.34. The van der Waals surface area contributed by atoms with Gasteiger partial charge in [0.15, 0.2) is 5.65 Å². The van der Waals surface area contributed by atoms with E-state index in [0.29, 0.717) is 0 Å². The minimum Gasteiger partial charge on any atom is -0.355 e. The number of hydrogen-bond acceptors (Lipinski definition) is 3. The summed E-state index contributed by atoms with van der Waals surface area (Å²) in [6.07, 6.45) is 4.31. The van der Waals surface area contributed by atoms with Crippen molar-refractivity contribution in [3.05, 3.63) is 22.9 Å². The second-order valence-electron chi connectivity index (χ2n) is 3.74. The Morgan fingerprint density at radius 3 is 2.80 bits per heavy atom. The Morgan fingerprint density at radius 2 is 2.00 bits per heavy atom. The van der Waals surface area contributed by atoms with Crippen molar-refractivity contribution in [2.75, 3.05) is 18.0 Å². The van der Waals surface area contributed by atoms with Crippen LogP contribution in [0, 0.1) is 0 Å². The lowest BCUT2D eigenvalue weighted by Gasteiger charge is -2.15. The molecular weight excluding hydrogens is 256 g/mol. The van der Waals surface area contributed by atoms with Crippen LogP contribution in [0.3, 0.4) is 0 Å². The Bertz CT molecular complexity index is 487. The maximum absolute atomic E-state index is 4.55. The van der Waals surface area contributed by atoms with Crippen LogP contribution < -0.4 is 4.90 Å². The number of hydrogen-bond donors (Lipinski definition) is 0. The monoisotopic (exact) mass is 266 g/mol. The van der Waals surface area contributed by atoms with Crippen LogP contribution >= 0.6 is 15.9 Å². The van der Waals surface area contributed by atoms with Crippen molar-refractivity contribution < 1.29 is 0 Å². The number of aromatic nitrogens is 3. The van der Waals surface area contributed by atoms with Crippen molar-refractivity contribution in [3.63, 3.8) is 0 Å². The highest BCUT2D eigenvalue weighted by molar-refractivity contribution is 9.10. The minimum absolute atomic E-state index is 0.879. The second-order valence-corrected chi connectivity index (χ2v) is 4.55. The van der Waals surface area contributed by atoms with Crippen LogP contribution in [0.25, 0.3) is 5.65 Å². The van der Waals surface area contributed by atoms with Gasteiger partial charge in [-0.05, 0) is 40.9 Å². The van der Waals surface area contributed by atoms with Gasteiger partial charge in [0, 0.05) is 13.1 Å². The first kappa shape index (κ1) is 9.15. The van der Waals surface area contributed by atoms with Gasteiger partial charge in [0.1, 0.15) is 10.4 Å². The third kappa shape index (κ3) is 1.51. The van der Waals surface area contributed by atoms with E-state index in [1.165, 1.54) is 12.8 Å². The van der Waals surface area contributed by atoms with E-state index in [9.17, 15) is 0 Å². The lowest BCUT2D eigenvalue weighted by atomic mass is 10.4. The number of imidazole rings is 1. The highest BCUT2D eigenvalue weighted by Crippen LogP contribution is 2.19. The Morgan fingerprint density at radius 1 is 1.20 bits per heavy atom. The summed E-state index contributed by atoms with van der Waals surface area (Å²) in [5.41, 5.74) is 0.879. The molecule has 0 spiro atoms. The summed E-state index contributed by atoms with van der Waals surface area (Å²) in [7, 11) is 0. The van der Waals surface area contributed by atoms with Gasteiger partial charge >= 0.3 is 0 Å². The van der Waals surface area contributed by atoms with Crippen molar-refractivity contribution >= 4 is 27.4 Å². The Labute approximate surface area is 96.0 Å². The molecule has 0 N–H and O–H groups in total. The molecule has 1 aliphatic rings. The fraction of sp³-hybridized carbons (Fsp3) is 0.400. The maximum Gasteiger partial charge on any atom is 0.154 e. The van der Waals surface area contributed by atoms with E-state index in [-0.39, 0.29) is 0 Å². The highest BCUT2D eigenvalue weighted by Gasteiger charge is 2.14. The van der Waals surface area contributed by atoms with Crippen LogP contribution in [0.15, 0.2) is 22.9 Å². The zero-order valence-corrected chi connectivity index (χ0v) is 9.81. The summed E-state index contributed by atoms with van der Waals surface area (Å²) in [6.45, 7) is 2.23. The number of rotatable bonds is 1. The number of nitrogens with zero attached hydrogens (tertiary/aromatic N) is 4. The van der Waals surface area contributed by atoms with Crippen LogP contribution in [-0.2, 0) is 0 Å². The summed E-state index contributed by atoms with van der Waals surface area (Å²) in [4.78, 5) is 6.53. The van der Waals surface area contributed by atoms with Crippen molar-refractivity contribution in [2.45, 2.75) is 12.8 Å². The van der Waals surface area contributed by atoms with E-state index in [4.69, 9.17) is 0 Å². The Balaban J connectivity index is 2.08. The van der Waals surface area contributed by atoms with Gasteiger partial charge in [-0.15, -0.1) is 5.10 Å². The van der Waals surface area contributed by atoms with Gasteiger partial charge in [-0.2, -0.15) is 0 Å². The molecule has 0 bridgehead atoms. The van der Waals surface area contributed by atoms with Crippen molar-refractivity contribution in [3.8, 4) is 0 Å². The fourth-order valence-electron chi connectivity index (χ4n) is 1.95. The van der Waals surface area contributed by atoms with Crippen molar-refractivity contribution in [1.82, 2.24) is 14.6 Å². The second kappa shape index (κ2) is 3.48. The Hall–Kier alpha value is -1.10. The van der Waals surface area contributed by atoms with E-state index in [2.05, 4.69) is 30.9 Å². The molecule has 2 aromatic rings. The van der Waals surface area contributed by atoms with Gasteiger partial charge in [-0.3, -0.25) is 0 Å². The predicted octanol–water partition coefficient (Wildman–Crippen LogP) is 2.09. The molecule has 1 saturated heterocycles. The normalized spacial score (nSPS) is 16.5. The lowest BCUT2D eigenvalue weighted by molar-refractivity contribution is 0.850. The summed E-state index contributed by atoms with van der Waals surface area (Å²) >= 11 is 3.43. The van der Waals surface area contributed by atoms with Crippen LogP contribution in [0.4, 0.5) is 5.82 Å². The minimum atomic E-state index is 0.879. The molecule has 5 heteroatoms. The molecule has 0 aliphatic carbocycles.